The van der Waals surface area contributed by atoms with Crippen molar-refractivity contribution < 1.29 is 4.79 Å². The summed E-state index contributed by atoms with van der Waals surface area (Å²) in [6.45, 7) is 5.08. The molecular weight excluding hydrogens is 350 g/mol. The predicted octanol–water partition coefficient (Wildman–Crippen LogP) is 3.49. The van der Waals surface area contributed by atoms with E-state index < -0.39 is 0 Å². The number of para-hydroxylation sites is 1. The zero-order valence-electron chi connectivity index (χ0n) is 15.9. The molecule has 1 aromatic heterocycles. The number of rotatable bonds is 4. The summed E-state index contributed by atoms with van der Waals surface area (Å²) in [5.41, 5.74) is 3.76. The summed E-state index contributed by atoms with van der Waals surface area (Å²) in [4.78, 5) is 25.7. The first-order chi connectivity index (χ1) is 13.7. The molecule has 4 rings (SSSR count). The molecule has 28 heavy (non-hydrogen) atoms. The summed E-state index contributed by atoms with van der Waals surface area (Å²) < 4.78 is 0. The third kappa shape index (κ3) is 4.11. The van der Waals surface area contributed by atoms with Crippen LogP contribution in [0.3, 0.4) is 0 Å². The highest BCUT2D eigenvalue weighted by atomic mass is 16.2. The maximum Gasteiger partial charge on any atom is 0.272 e. The first kappa shape index (κ1) is 18.0. The van der Waals surface area contributed by atoms with Gasteiger partial charge in [0.15, 0.2) is 0 Å². The van der Waals surface area contributed by atoms with Crippen LogP contribution in [0.15, 0.2) is 66.9 Å². The Morgan fingerprint density at radius 2 is 1.75 bits per heavy atom. The maximum absolute atomic E-state index is 12.9. The molecule has 0 atom stereocenters. The molecule has 3 aromatic rings. The van der Waals surface area contributed by atoms with Gasteiger partial charge in [0, 0.05) is 43.8 Å². The lowest BCUT2D eigenvalue weighted by molar-refractivity contribution is 0.0741. The lowest BCUT2D eigenvalue weighted by Crippen LogP contribution is -2.49. The van der Waals surface area contributed by atoms with Crippen LogP contribution in [0.25, 0.3) is 0 Å². The average molecular weight is 373 g/mol. The van der Waals surface area contributed by atoms with Crippen LogP contribution >= 0.6 is 0 Å². The Bertz CT molecular complexity index is 952. The fraction of sp³-hybridized carbons (Fsp3) is 0.227. The van der Waals surface area contributed by atoms with Gasteiger partial charge in [0.1, 0.15) is 5.69 Å². The van der Waals surface area contributed by atoms with Gasteiger partial charge < -0.3 is 15.1 Å². The van der Waals surface area contributed by atoms with Crippen molar-refractivity contribution in [1.29, 1.82) is 0 Å². The second-order valence-corrected chi connectivity index (χ2v) is 6.87. The molecule has 1 aliphatic rings. The van der Waals surface area contributed by atoms with Gasteiger partial charge in [-0.3, -0.25) is 4.79 Å². The lowest BCUT2D eigenvalue weighted by atomic mass is 10.2. The number of anilines is 3. The number of carbonyl (C=O) groups excluding carboxylic acids is 1. The van der Waals surface area contributed by atoms with E-state index in [9.17, 15) is 4.79 Å². The third-order valence-electron chi connectivity index (χ3n) is 4.84. The zero-order chi connectivity index (χ0) is 19.3. The molecule has 1 N–H and O–H groups in total. The SMILES string of the molecule is Cc1cccc(N2CCN(C(=O)c3ccnc(Nc4ccccc4)n3)CC2)c1. The monoisotopic (exact) mass is 373 g/mol. The number of carbonyl (C=O) groups is 1. The van der Waals surface area contributed by atoms with E-state index in [1.807, 2.05) is 35.2 Å². The number of hydrogen-bond donors (Lipinski definition) is 1. The van der Waals surface area contributed by atoms with Gasteiger partial charge in [-0.15, -0.1) is 0 Å². The van der Waals surface area contributed by atoms with Crippen molar-refractivity contribution in [1.82, 2.24) is 14.9 Å². The summed E-state index contributed by atoms with van der Waals surface area (Å²) >= 11 is 0. The van der Waals surface area contributed by atoms with Crippen LogP contribution in [0.1, 0.15) is 16.1 Å². The Morgan fingerprint density at radius 1 is 0.964 bits per heavy atom. The van der Waals surface area contributed by atoms with Crippen molar-refractivity contribution in [2.45, 2.75) is 6.92 Å². The van der Waals surface area contributed by atoms with Gasteiger partial charge in [0.25, 0.3) is 5.91 Å². The van der Waals surface area contributed by atoms with E-state index in [-0.39, 0.29) is 5.91 Å². The topological polar surface area (TPSA) is 61.4 Å². The molecule has 0 spiro atoms. The minimum Gasteiger partial charge on any atom is -0.368 e. The normalized spacial score (nSPS) is 14.0. The van der Waals surface area contributed by atoms with Crippen LogP contribution in [0.4, 0.5) is 17.3 Å². The van der Waals surface area contributed by atoms with E-state index in [1.165, 1.54) is 11.3 Å². The minimum atomic E-state index is -0.0533. The number of nitrogens with zero attached hydrogens (tertiary/aromatic N) is 4. The Balaban J connectivity index is 1.41. The maximum atomic E-state index is 12.9. The molecular formula is C22H23N5O. The van der Waals surface area contributed by atoms with Gasteiger partial charge in [-0.1, -0.05) is 30.3 Å². The summed E-state index contributed by atoms with van der Waals surface area (Å²) in [7, 11) is 0. The zero-order valence-corrected chi connectivity index (χ0v) is 15.9. The molecule has 1 aliphatic heterocycles. The fourth-order valence-corrected chi connectivity index (χ4v) is 3.34. The Kier molecular flexibility index (Phi) is 5.19. The quantitative estimate of drug-likeness (QED) is 0.759. The third-order valence-corrected chi connectivity index (χ3v) is 4.84. The number of amides is 1. The number of hydrogen-bond acceptors (Lipinski definition) is 5. The molecule has 0 bridgehead atoms. The molecule has 1 amide bonds. The van der Waals surface area contributed by atoms with E-state index in [4.69, 9.17) is 0 Å². The summed E-state index contributed by atoms with van der Waals surface area (Å²) in [5.74, 6) is 0.373. The van der Waals surface area contributed by atoms with Crippen molar-refractivity contribution in [2.75, 3.05) is 36.4 Å². The Labute approximate surface area is 164 Å². The minimum absolute atomic E-state index is 0.0533. The van der Waals surface area contributed by atoms with Crippen LogP contribution in [-0.4, -0.2) is 47.0 Å². The van der Waals surface area contributed by atoms with Crippen molar-refractivity contribution in [3.63, 3.8) is 0 Å². The van der Waals surface area contributed by atoms with E-state index in [1.54, 1.807) is 12.3 Å². The molecule has 6 heteroatoms. The molecule has 2 aromatic carbocycles. The van der Waals surface area contributed by atoms with E-state index in [0.717, 1.165) is 18.8 Å². The van der Waals surface area contributed by atoms with Gasteiger partial charge in [-0.2, -0.15) is 0 Å². The molecule has 2 heterocycles. The lowest BCUT2D eigenvalue weighted by Gasteiger charge is -2.36. The van der Waals surface area contributed by atoms with Crippen LogP contribution in [0, 0.1) is 6.92 Å². The number of nitrogens with one attached hydrogen (secondary N) is 1. The smallest absolute Gasteiger partial charge is 0.272 e. The fourth-order valence-electron chi connectivity index (χ4n) is 3.34. The van der Waals surface area contributed by atoms with Gasteiger partial charge in [-0.05, 0) is 42.8 Å². The van der Waals surface area contributed by atoms with Gasteiger partial charge >= 0.3 is 0 Å². The predicted molar refractivity (Wildman–Crippen MR) is 111 cm³/mol. The van der Waals surface area contributed by atoms with Crippen LogP contribution in [0.2, 0.25) is 0 Å². The van der Waals surface area contributed by atoms with Gasteiger partial charge in [0.2, 0.25) is 5.95 Å². The Hall–Kier alpha value is -3.41. The number of aryl methyl sites for hydroxylation is 1. The van der Waals surface area contributed by atoms with E-state index in [2.05, 4.69) is 51.4 Å². The number of aromatic nitrogens is 2. The molecule has 6 nitrogen and oxygen atoms in total. The first-order valence-electron chi connectivity index (χ1n) is 9.45. The van der Waals surface area contributed by atoms with E-state index in [0.29, 0.717) is 24.7 Å². The largest absolute Gasteiger partial charge is 0.368 e. The summed E-state index contributed by atoms with van der Waals surface area (Å²) in [6.07, 6.45) is 1.62. The molecule has 0 unspecified atom stereocenters. The van der Waals surface area contributed by atoms with Crippen LogP contribution < -0.4 is 10.2 Å². The van der Waals surface area contributed by atoms with Crippen molar-refractivity contribution >= 4 is 23.2 Å². The van der Waals surface area contributed by atoms with E-state index >= 15 is 0 Å². The highest BCUT2D eigenvalue weighted by Gasteiger charge is 2.23. The standard InChI is InChI=1S/C22H23N5O/c1-17-6-5-9-19(16-17)26-12-14-27(15-13-26)21(28)20-10-11-23-22(25-20)24-18-7-3-2-4-8-18/h2-11,16H,12-15H2,1H3,(H,23,24,25). The van der Waals surface area contributed by atoms with Crippen molar-refractivity contribution in [3.05, 3.63) is 78.1 Å². The average Bonchev–Trinajstić information content (AvgIpc) is 2.74. The highest BCUT2D eigenvalue weighted by Crippen LogP contribution is 2.19. The molecule has 1 fully saturated rings. The van der Waals surface area contributed by atoms with Crippen LogP contribution in [0.5, 0.6) is 0 Å². The second-order valence-electron chi connectivity index (χ2n) is 6.87. The number of benzene rings is 2. The molecule has 0 radical (unpaired) electrons. The number of piperazine rings is 1. The summed E-state index contributed by atoms with van der Waals surface area (Å²) in [5, 5.41) is 3.13. The second kappa shape index (κ2) is 8.08. The van der Waals surface area contributed by atoms with Crippen LogP contribution in [-0.2, 0) is 0 Å². The molecule has 1 saturated heterocycles. The van der Waals surface area contributed by atoms with Crippen molar-refractivity contribution in [2.24, 2.45) is 0 Å². The van der Waals surface area contributed by atoms with Gasteiger partial charge in [-0.25, -0.2) is 9.97 Å². The summed E-state index contributed by atoms with van der Waals surface area (Å²) in [6, 6.07) is 19.8. The first-order valence-corrected chi connectivity index (χ1v) is 9.45. The molecule has 0 aliphatic carbocycles. The molecule has 142 valence electrons. The Morgan fingerprint density at radius 3 is 2.50 bits per heavy atom. The van der Waals surface area contributed by atoms with Crippen molar-refractivity contribution in [3.8, 4) is 0 Å². The highest BCUT2D eigenvalue weighted by molar-refractivity contribution is 5.92. The van der Waals surface area contributed by atoms with Gasteiger partial charge in [0.05, 0.1) is 0 Å². The molecule has 0 saturated carbocycles.